The molecule has 0 heterocycles. The molecule has 0 saturated heterocycles. The van der Waals surface area contributed by atoms with Gasteiger partial charge in [0.25, 0.3) is 0 Å². The molecule has 0 fully saturated rings. The van der Waals surface area contributed by atoms with Crippen LogP contribution >= 0.6 is 11.8 Å². The molecule has 2 unspecified atom stereocenters. The van der Waals surface area contributed by atoms with Gasteiger partial charge in [0.1, 0.15) is 0 Å². The monoisotopic (exact) mass is 552 g/mol. The third-order valence-corrected chi connectivity index (χ3v) is 10.1. The Morgan fingerprint density at radius 2 is 1.00 bits per heavy atom. The summed E-state index contributed by atoms with van der Waals surface area (Å²) in [7, 11) is 0. The molecular weight excluding hydrogens is 522 g/mol. The van der Waals surface area contributed by atoms with Gasteiger partial charge in [-0.2, -0.15) is 0 Å². The zero-order chi connectivity index (χ0) is 21.9. The fourth-order valence-corrected chi connectivity index (χ4v) is 7.24. The van der Waals surface area contributed by atoms with Crippen molar-refractivity contribution >= 4 is 56.8 Å². The Morgan fingerprint density at radius 3 is 1.35 bits per heavy atom. The van der Waals surface area contributed by atoms with Crippen molar-refractivity contribution in [3.63, 3.8) is 0 Å². The first kappa shape index (κ1) is 22.7. The molecule has 4 N–H and O–H groups in total. The van der Waals surface area contributed by atoms with E-state index in [-0.39, 0.29) is 8.41 Å². The van der Waals surface area contributed by atoms with Crippen molar-refractivity contribution in [2.24, 2.45) is 11.8 Å². The number of hydrogen-bond acceptors (Lipinski definition) is 3. The molecule has 0 bridgehead atoms. The minimum absolute atomic E-state index is 0.0557. The number of allylic oxidation sites excluding steroid dienone is 8. The standard InChI is InChI=1S/C26H30As2N2S/c27-25(21-5-1-3-7-23(21)29)13-9-19(10-14-25)17-31-18-20-11-15-26(28,16-12-20)22-6-2-4-8-24(22)30/h1-16,19-20H,17-18,27-30H2. The molecule has 2 aliphatic carbocycles. The number of benzene rings is 2. The molecule has 0 amide bonds. The van der Waals surface area contributed by atoms with Crippen molar-refractivity contribution in [2.75, 3.05) is 23.0 Å². The van der Waals surface area contributed by atoms with E-state index in [1.165, 1.54) is 11.1 Å². The summed E-state index contributed by atoms with van der Waals surface area (Å²) < 4.78 is -0.111. The van der Waals surface area contributed by atoms with Gasteiger partial charge in [-0.3, -0.25) is 0 Å². The number of para-hydroxylation sites is 2. The van der Waals surface area contributed by atoms with Gasteiger partial charge in [-0.1, -0.05) is 0 Å². The summed E-state index contributed by atoms with van der Waals surface area (Å²) in [4.78, 5) is 0. The fourth-order valence-electron chi connectivity index (χ4n) is 4.07. The van der Waals surface area contributed by atoms with Gasteiger partial charge in [-0.05, 0) is 0 Å². The van der Waals surface area contributed by atoms with E-state index >= 15 is 0 Å². The van der Waals surface area contributed by atoms with Crippen LogP contribution < -0.4 is 11.5 Å². The molecule has 2 aliphatic rings. The summed E-state index contributed by atoms with van der Waals surface area (Å²) in [5, 5.41) is 0. The maximum atomic E-state index is 6.22. The molecule has 2 aromatic rings. The number of rotatable bonds is 6. The normalized spacial score (nSPS) is 29.4. The second kappa shape index (κ2) is 9.53. The number of thioether (sulfide) groups is 1. The third-order valence-electron chi connectivity index (χ3n) is 5.95. The van der Waals surface area contributed by atoms with Crippen LogP contribution in [0.3, 0.4) is 0 Å². The summed E-state index contributed by atoms with van der Waals surface area (Å²) in [5.41, 5.74) is 16.6. The number of nitrogen functional groups attached to an aromatic ring is 2. The van der Waals surface area contributed by atoms with Crippen LogP contribution in [0.15, 0.2) is 97.1 Å². The SMILES string of the molecule is Nc1ccccc1C1([AsH2])C=CC(CSCC2C=CC([AsH2])(c3ccccc3N)C=C2)C=C1. The van der Waals surface area contributed by atoms with E-state index < -0.39 is 0 Å². The Bertz CT molecular complexity index is 945. The quantitative estimate of drug-likeness (QED) is 0.328. The number of nitrogens with two attached hydrogens (primary N) is 2. The van der Waals surface area contributed by atoms with Crippen molar-refractivity contribution in [3.05, 3.63) is 108 Å². The molecule has 2 aromatic carbocycles. The Kier molecular flexibility index (Phi) is 6.97. The van der Waals surface area contributed by atoms with Crippen LogP contribution in [0.1, 0.15) is 11.1 Å². The van der Waals surface area contributed by atoms with E-state index in [2.05, 4.69) is 72.9 Å². The van der Waals surface area contributed by atoms with E-state index in [1.807, 2.05) is 36.0 Å². The van der Waals surface area contributed by atoms with Gasteiger partial charge in [0.2, 0.25) is 0 Å². The van der Waals surface area contributed by atoms with Gasteiger partial charge in [0, 0.05) is 0 Å². The predicted octanol–water partition coefficient (Wildman–Crippen LogP) is 3.43. The van der Waals surface area contributed by atoms with Crippen LogP contribution in [-0.4, -0.2) is 45.2 Å². The van der Waals surface area contributed by atoms with Gasteiger partial charge in [-0.25, -0.2) is 0 Å². The Morgan fingerprint density at radius 1 is 0.645 bits per heavy atom. The molecule has 4 rings (SSSR count). The van der Waals surface area contributed by atoms with Crippen LogP contribution in [0.4, 0.5) is 11.4 Å². The van der Waals surface area contributed by atoms with Gasteiger partial charge in [-0.15, -0.1) is 0 Å². The van der Waals surface area contributed by atoms with E-state index in [0.717, 1.165) is 22.9 Å². The van der Waals surface area contributed by atoms with E-state index in [4.69, 9.17) is 11.5 Å². The average Bonchev–Trinajstić information content (AvgIpc) is 2.77. The third kappa shape index (κ3) is 5.11. The van der Waals surface area contributed by atoms with Crippen LogP contribution in [0, 0.1) is 11.8 Å². The summed E-state index contributed by atoms with van der Waals surface area (Å²) in [5.74, 6) is 3.16. The summed E-state index contributed by atoms with van der Waals surface area (Å²) in [6.07, 6.45) is 18.8. The maximum absolute atomic E-state index is 6.22. The summed E-state index contributed by atoms with van der Waals surface area (Å²) in [6.45, 7) is 0. The van der Waals surface area contributed by atoms with Crippen molar-refractivity contribution in [1.29, 1.82) is 0 Å². The Hall–Kier alpha value is -1.53. The first-order valence-corrected chi connectivity index (χ1v) is 14.1. The molecule has 0 spiro atoms. The molecule has 2 atom stereocenters. The van der Waals surface area contributed by atoms with Gasteiger partial charge in [0.05, 0.1) is 0 Å². The molecule has 2 nitrogen and oxygen atoms in total. The first-order valence-electron chi connectivity index (χ1n) is 10.5. The van der Waals surface area contributed by atoms with E-state index in [1.54, 1.807) is 33.7 Å². The van der Waals surface area contributed by atoms with Gasteiger partial charge < -0.3 is 0 Å². The molecule has 0 saturated carbocycles. The van der Waals surface area contributed by atoms with Crippen LogP contribution in [-0.2, 0) is 8.41 Å². The summed E-state index contributed by atoms with van der Waals surface area (Å²) >= 11 is 5.38. The molecule has 160 valence electrons. The predicted molar refractivity (Wildman–Crippen MR) is 143 cm³/mol. The average molecular weight is 552 g/mol. The zero-order valence-corrected chi connectivity index (χ0v) is 23.2. The van der Waals surface area contributed by atoms with Crippen molar-refractivity contribution in [3.8, 4) is 0 Å². The Labute approximate surface area is 207 Å². The molecule has 0 aliphatic heterocycles. The molecule has 0 radical (unpaired) electrons. The van der Waals surface area contributed by atoms with Gasteiger partial charge >= 0.3 is 208 Å². The molecule has 31 heavy (non-hydrogen) atoms. The first-order chi connectivity index (χ1) is 14.9. The van der Waals surface area contributed by atoms with Crippen molar-refractivity contribution in [2.45, 2.75) is 8.41 Å². The Balaban J connectivity index is 1.30. The van der Waals surface area contributed by atoms with Crippen molar-refractivity contribution < 1.29 is 0 Å². The summed E-state index contributed by atoms with van der Waals surface area (Å²) in [6, 6.07) is 16.4. The minimum atomic E-state index is -0.0557. The van der Waals surface area contributed by atoms with Crippen LogP contribution in [0.5, 0.6) is 0 Å². The van der Waals surface area contributed by atoms with Gasteiger partial charge in [0.15, 0.2) is 0 Å². The molecule has 0 aromatic heterocycles. The molecular formula is C26H30As2N2S. The van der Waals surface area contributed by atoms with Crippen LogP contribution in [0.2, 0.25) is 0 Å². The molecule has 5 heteroatoms. The van der Waals surface area contributed by atoms with E-state index in [0.29, 0.717) is 11.8 Å². The fraction of sp³-hybridized carbons (Fsp3) is 0.231. The van der Waals surface area contributed by atoms with E-state index in [9.17, 15) is 0 Å². The topological polar surface area (TPSA) is 52.0 Å². The second-order valence-corrected chi connectivity index (χ2v) is 13.4. The van der Waals surface area contributed by atoms with Crippen LogP contribution in [0.25, 0.3) is 0 Å². The van der Waals surface area contributed by atoms with Crippen molar-refractivity contribution in [1.82, 2.24) is 0 Å². The number of hydrogen-bond donors (Lipinski definition) is 2. The zero-order valence-electron chi connectivity index (χ0n) is 17.5. The number of anilines is 2. The second-order valence-electron chi connectivity index (χ2n) is 8.34.